The summed E-state index contributed by atoms with van der Waals surface area (Å²) in [7, 11) is 0. The fraction of sp³-hybridized carbons (Fsp3) is 0.533. The Kier molecular flexibility index (Phi) is 5.12. The lowest BCUT2D eigenvalue weighted by Gasteiger charge is -2.09. The Bertz CT molecular complexity index is 382. The van der Waals surface area contributed by atoms with E-state index in [1.54, 1.807) is 11.8 Å². The first-order valence-electron chi connectivity index (χ1n) is 6.67. The average molecular weight is 263 g/mol. The predicted octanol–water partition coefficient (Wildman–Crippen LogP) is 3.61. The van der Waals surface area contributed by atoms with Gasteiger partial charge in [0.1, 0.15) is 0 Å². The molecule has 0 saturated heterocycles. The second kappa shape index (κ2) is 6.83. The monoisotopic (exact) mass is 263 g/mol. The molecule has 18 heavy (non-hydrogen) atoms. The van der Waals surface area contributed by atoms with Gasteiger partial charge in [0.2, 0.25) is 5.91 Å². The largest absolute Gasteiger partial charge is 0.352 e. The number of hydrogen-bond donors (Lipinski definition) is 1. The number of carbonyl (C=O) groups excluding carboxylic acids is 1. The van der Waals surface area contributed by atoms with E-state index in [9.17, 15) is 4.79 Å². The van der Waals surface area contributed by atoms with Crippen LogP contribution >= 0.6 is 11.8 Å². The third-order valence-electron chi connectivity index (χ3n) is 3.60. The van der Waals surface area contributed by atoms with Crippen molar-refractivity contribution >= 4 is 17.7 Å². The first kappa shape index (κ1) is 13.5. The quantitative estimate of drug-likeness (QED) is 0.822. The van der Waals surface area contributed by atoms with Gasteiger partial charge in [-0.3, -0.25) is 4.79 Å². The first-order valence-corrected chi connectivity index (χ1v) is 7.90. The molecule has 0 bridgehead atoms. The smallest absolute Gasteiger partial charge is 0.220 e. The highest BCUT2D eigenvalue weighted by molar-refractivity contribution is 7.98. The minimum absolute atomic E-state index is 0.204. The zero-order chi connectivity index (χ0) is 12.8. The average Bonchev–Trinajstić information content (AvgIpc) is 2.90. The van der Waals surface area contributed by atoms with Crippen molar-refractivity contribution in [1.82, 2.24) is 5.32 Å². The third kappa shape index (κ3) is 4.05. The van der Waals surface area contributed by atoms with Gasteiger partial charge in [-0.15, -0.1) is 11.8 Å². The molecule has 1 amide bonds. The van der Waals surface area contributed by atoms with Crippen LogP contribution in [0.4, 0.5) is 0 Å². The SMILES string of the molecule is CSc1ccc(CNC(=O)CC2CCCC2)cc1. The van der Waals surface area contributed by atoms with Gasteiger partial charge in [-0.1, -0.05) is 25.0 Å². The Morgan fingerprint density at radius 3 is 2.56 bits per heavy atom. The highest BCUT2D eigenvalue weighted by Crippen LogP contribution is 2.27. The first-order chi connectivity index (χ1) is 8.78. The maximum Gasteiger partial charge on any atom is 0.220 e. The molecule has 0 spiro atoms. The van der Waals surface area contributed by atoms with Gasteiger partial charge in [0.15, 0.2) is 0 Å². The number of rotatable bonds is 5. The van der Waals surface area contributed by atoms with Crippen LogP contribution in [-0.4, -0.2) is 12.2 Å². The summed E-state index contributed by atoms with van der Waals surface area (Å²) in [5.41, 5.74) is 1.17. The van der Waals surface area contributed by atoms with E-state index in [2.05, 4.69) is 35.8 Å². The second-order valence-corrected chi connectivity index (χ2v) is 5.86. The summed E-state index contributed by atoms with van der Waals surface area (Å²) in [6.45, 7) is 0.653. The van der Waals surface area contributed by atoms with Crippen molar-refractivity contribution in [2.24, 2.45) is 5.92 Å². The number of hydrogen-bond acceptors (Lipinski definition) is 2. The van der Waals surface area contributed by atoms with E-state index in [4.69, 9.17) is 0 Å². The van der Waals surface area contributed by atoms with E-state index in [1.807, 2.05) is 0 Å². The molecule has 0 radical (unpaired) electrons. The van der Waals surface area contributed by atoms with Gasteiger partial charge in [0.25, 0.3) is 0 Å². The zero-order valence-corrected chi connectivity index (χ0v) is 11.8. The normalized spacial score (nSPS) is 15.8. The molecule has 0 heterocycles. The highest BCUT2D eigenvalue weighted by atomic mass is 32.2. The molecule has 0 atom stereocenters. The van der Waals surface area contributed by atoms with Gasteiger partial charge in [-0.05, 0) is 42.7 Å². The molecule has 1 aliphatic carbocycles. The van der Waals surface area contributed by atoms with Crippen LogP contribution in [0.1, 0.15) is 37.7 Å². The standard InChI is InChI=1S/C15H21NOS/c1-18-14-8-6-13(7-9-14)11-16-15(17)10-12-4-2-3-5-12/h6-9,12H,2-5,10-11H2,1H3,(H,16,17). The minimum atomic E-state index is 0.204. The fourth-order valence-electron chi connectivity index (χ4n) is 2.49. The van der Waals surface area contributed by atoms with Gasteiger partial charge < -0.3 is 5.32 Å². The van der Waals surface area contributed by atoms with Crippen LogP contribution in [0.3, 0.4) is 0 Å². The van der Waals surface area contributed by atoms with Gasteiger partial charge >= 0.3 is 0 Å². The molecular weight excluding hydrogens is 242 g/mol. The van der Waals surface area contributed by atoms with Crippen LogP contribution in [-0.2, 0) is 11.3 Å². The van der Waals surface area contributed by atoms with Gasteiger partial charge in [0, 0.05) is 17.9 Å². The van der Waals surface area contributed by atoms with Crippen LogP contribution in [0.15, 0.2) is 29.2 Å². The van der Waals surface area contributed by atoms with Gasteiger partial charge in [-0.2, -0.15) is 0 Å². The Balaban J connectivity index is 1.74. The van der Waals surface area contributed by atoms with E-state index in [1.165, 1.54) is 36.1 Å². The zero-order valence-electron chi connectivity index (χ0n) is 10.9. The van der Waals surface area contributed by atoms with Gasteiger partial charge in [-0.25, -0.2) is 0 Å². The third-order valence-corrected chi connectivity index (χ3v) is 4.34. The maximum absolute atomic E-state index is 11.8. The van der Waals surface area contributed by atoms with E-state index in [0.29, 0.717) is 18.9 Å². The van der Waals surface area contributed by atoms with Crippen molar-refractivity contribution in [2.75, 3.05) is 6.26 Å². The lowest BCUT2D eigenvalue weighted by atomic mass is 10.0. The van der Waals surface area contributed by atoms with E-state index < -0.39 is 0 Å². The molecule has 0 aliphatic heterocycles. The van der Waals surface area contributed by atoms with Crippen molar-refractivity contribution in [3.05, 3.63) is 29.8 Å². The summed E-state index contributed by atoms with van der Waals surface area (Å²) >= 11 is 1.74. The molecule has 2 rings (SSSR count). The summed E-state index contributed by atoms with van der Waals surface area (Å²) < 4.78 is 0. The molecule has 2 nitrogen and oxygen atoms in total. The van der Waals surface area contributed by atoms with Crippen LogP contribution in [0.25, 0.3) is 0 Å². The molecule has 3 heteroatoms. The summed E-state index contributed by atoms with van der Waals surface area (Å²) in [6.07, 6.45) is 7.84. The number of thioether (sulfide) groups is 1. The molecule has 0 unspecified atom stereocenters. The van der Waals surface area contributed by atoms with Crippen molar-refractivity contribution in [2.45, 2.75) is 43.5 Å². The summed E-state index contributed by atoms with van der Waals surface area (Å²) in [5, 5.41) is 3.02. The van der Waals surface area contributed by atoms with Crippen LogP contribution in [0.5, 0.6) is 0 Å². The molecular formula is C15H21NOS. The maximum atomic E-state index is 11.8. The molecule has 98 valence electrons. The summed E-state index contributed by atoms with van der Waals surface area (Å²) in [6, 6.07) is 8.37. The van der Waals surface area contributed by atoms with E-state index in [-0.39, 0.29) is 5.91 Å². The number of amides is 1. The predicted molar refractivity (Wildman–Crippen MR) is 76.6 cm³/mol. The molecule has 1 saturated carbocycles. The van der Waals surface area contributed by atoms with E-state index >= 15 is 0 Å². The Hall–Kier alpha value is -0.960. The Labute approximate surface area is 114 Å². The Morgan fingerprint density at radius 2 is 1.94 bits per heavy atom. The molecule has 1 fully saturated rings. The molecule has 1 aromatic carbocycles. The summed E-state index contributed by atoms with van der Waals surface area (Å²) in [4.78, 5) is 13.0. The van der Waals surface area contributed by atoms with Crippen LogP contribution in [0, 0.1) is 5.92 Å². The number of carbonyl (C=O) groups is 1. The highest BCUT2D eigenvalue weighted by Gasteiger charge is 2.17. The minimum Gasteiger partial charge on any atom is -0.352 e. The topological polar surface area (TPSA) is 29.1 Å². The lowest BCUT2D eigenvalue weighted by Crippen LogP contribution is -2.24. The molecule has 1 N–H and O–H groups in total. The molecule has 1 aromatic rings. The van der Waals surface area contributed by atoms with Crippen molar-refractivity contribution in [1.29, 1.82) is 0 Å². The number of nitrogens with one attached hydrogen (secondary N) is 1. The van der Waals surface area contributed by atoms with E-state index in [0.717, 1.165) is 0 Å². The van der Waals surface area contributed by atoms with Gasteiger partial charge in [0.05, 0.1) is 0 Å². The second-order valence-electron chi connectivity index (χ2n) is 4.98. The summed E-state index contributed by atoms with van der Waals surface area (Å²) in [5.74, 6) is 0.833. The van der Waals surface area contributed by atoms with Crippen LogP contribution in [0.2, 0.25) is 0 Å². The molecule has 1 aliphatic rings. The van der Waals surface area contributed by atoms with Crippen molar-refractivity contribution in [3.63, 3.8) is 0 Å². The Morgan fingerprint density at radius 1 is 1.28 bits per heavy atom. The molecule has 0 aromatic heterocycles. The number of benzene rings is 1. The van der Waals surface area contributed by atoms with Crippen LogP contribution < -0.4 is 5.32 Å². The fourth-order valence-corrected chi connectivity index (χ4v) is 2.90. The lowest BCUT2D eigenvalue weighted by molar-refractivity contribution is -0.122. The van der Waals surface area contributed by atoms with Crippen molar-refractivity contribution < 1.29 is 4.79 Å². The van der Waals surface area contributed by atoms with Crippen molar-refractivity contribution in [3.8, 4) is 0 Å².